The van der Waals surface area contributed by atoms with Crippen molar-refractivity contribution in [1.82, 2.24) is 5.32 Å². The van der Waals surface area contributed by atoms with Gasteiger partial charge in [0.15, 0.2) is 0 Å². The van der Waals surface area contributed by atoms with Gasteiger partial charge in [0.2, 0.25) is 0 Å². The average Bonchev–Trinajstić information content (AvgIpc) is 2.24. The van der Waals surface area contributed by atoms with Crippen molar-refractivity contribution in [2.45, 2.75) is 19.1 Å². The minimum atomic E-state index is -4.20. The summed E-state index contributed by atoms with van der Waals surface area (Å²) >= 11 is 3.03. The van der Waals surface area contributed by atoms with Crippen LogP contribution < -0.4 is 5.32 Å². The van der Waals surface area contributed by atoms with Gasteiger partial charge in [0.1, 0.15) is 0 Å². The van der Waals surface area contributed by atoms with E-state index in [0.717, 1.165) is 0 Å². The zero-order valence-corrected chi connectivity index (χ0v) is 10.7. The lowest BCUT2D eigenvalue weighted by Gasteiger charge is -2.08. The number of alkyl halides is 3. The fraction of sp³-hybridized carbons (Fsp3) is 0.400. The normalized spacial score (nSPS) is 11.6. The van der Waals surface area contributed by atoms with Gasteiger partial charge in [0, 0.05) is 19.2 Å². The molecule has 0 saturated carbocycles. The van der Waals surface area contributed by atoms with Crippen LogP contribution >= 0.6 is 15.9 Å². The fourth-order valence-electron chi connectivity index (χ4n) is 1.27. The molecule has 0 heterocycles. The van der Waals surface area contributed by atoms with E-state index in [1.807, 2.05) is 0 Å². The molecule has 0 amide bonds. The summed E-state index contributed by atoms with van der Waals surface area (Å²) in [5, 5.41) is 13.2. The number of nitrogens with one attached hydrogen (secondary N) is 1. The minimum absolute atomic E-state index is 0.106. The van der Waals surface area contributed by atoms with Crippen molar-refractivity contribution in [3.05, 3.63) is 38.3 Å². The highest BCUT2D eigenvalue weighted by molar-refractivity contribution is 9.10. The monoisotopic (exact) mass is 326 g/mol. The number of rotatable bonds is 5. The Kier molecular flexibility index (Phi) is 5.09. The highest BCUT2D eigenvalue weighted by atomic mass is 79.9. The molecular weight excluding hydrogens is 317 g/mol. The molecule has 1 rings (SSSR count). The number of nitro groups is 1. The maximum Gasteiger partial charge on any atom is 0.390 e. The molecule has 0 aliphatic rings. The third-order valence-electron chi connectivity index (χ3n) is 2.12. The highest BCUT2D eigenvalue weighted by Gasteiger charge is 2.25. The van der Waals surface area contributed by atoms with Crippen LogP contribution in [0.2, 0.25) is 0 Å². The summed E-state index contributed by atoms with van der Waals surface area (Å²) in [4.78, 5) is 10.1. The van der Waals surface area contributed by atoms with Gasteiger partial charge in [-0.3, -0.25) is 10.1 Å². The number of benzene rings is 1. The summed E-state index contributed by atoms with van der Waals surface area (Å²) < 4.78 is 35.9. The molecule has 8 heteroatoms. The summed E-state index contributed by atoms with van der Waals surface area (Å²) in [7, 11) is 0. The predicted molar refractivity (Wildman–Crippen MR) is 63.2 cm³/mol. The molecule has 18 heavy (non-hydrogen) atoms. The average molecular weight is 327 g/mol. The molecule has 0 bridgehead atoms. The van der Waals surface area contributed by atoms with E-state index in [2.05, 4.69) is 21.2 Å². The van der Waals surface area contributed by atoms with E-state index in [4.69, 9.17) is 0 Å². The molecule has 0 radical (unpaired) electrons. The van der Waals surface area contributed by atoms with Gasteiger partial charge in [-0.15, -0.1) is 0 Å². The molecule has 0 aliphatic heterocycles. The fourth-order valence-corrected chi connectivity index (χ4v) is 1.66. The van der Waals surface area contributed by atoms with Gasteiger partial charge >= 0.3 is 6.18 Å². The van der Waals surface area contributed by atoms with Crippen molar-refractivity contribution in [2.75, 3.05) is 6.54 Å². The summed E-state index contributed by atoms with van der Waals surface area (Å²) in [6.45, 7) is -0.0580. The second-order valence-corrected chi connectivity index (χ2v) is 4.44. The highest BCUT2D eigenvalue weighted by Crippen LogP contribution is 2.25. The maximum absolute atomic E-state index is 11.9. The Balaban J connectivity index is 2.53. The zero-order valence-electron chi connectivity index (χ0n) is 9.13. The molecule has 0 unspecified atom stereocenters. The van der Waals surface area contributed by atoms with Gasteiger partial charge in [0.25, 0.3) is 5.69 Å². The van der Waals surface area contributed by atoms with Crippen molar-refractivity contribution < 1.29 is 18.1 Å². The van der Waals surface area contributed by atoms with E-state index < -0.39 is 17.5 Å². The van der Waals surface area contributed by atoms with Gasteiger partial charge in [-0.25, -0.2) is 0 Å². The van der Waals surface area contributed by atoms with Crippen molar-refractivity contribution in [1.29, 1.82) is 0 Å². The molecule has 0 atom stereocenters. The predicted octanol–water partition coefficient (Wildman–Crippen LogP) is 3.40. The first-order chi connectivity index (χ1) is 8.29. The number of nitrogens with zero attached hydrogens (tertiary/aromatic N) is 1. The maximum atomic E-state index is 11.9. The van der Waals surface area contributed by atoms with Crippen LogP contribution in [0.25, 0.3) is 0 Å². The Morgan fingerprint density at radius 2 is 2.06 bits per heavy atom. The summed E-state index contributed by atoms with van der Waals surface area (Å²) in [6.07, 6.45) is -5.12. The van der Waals surface area contributed by atoms with Crippen LogP contribution in [-0.4, -0.2) is 17.6 Å². The first-order valence-electron chi connectivity index (χ1n) is 5.00. The molecule has 1 aromatic rings. The topological polar surface area (TPSA) is 55.2 Å². The quantitative estimate of drug-likeness (QED) is 0.512. The molecule has 100 valence electrons. The lowest BCUT2D eigenvalue weighted by Crippen LogP contribution is -2.21. The standard InChI is InChI=1S/C10H10BrF3N2O2/c11-8-2-1-7(5-9(8)16(17)18)6-15-4-3-10(12,13)14/h1-2,5,15H,3-4,6H2. The molecule has 0 aliphatic carbocycles. The Morgan fingerprint density at radius 3 is 2.61 bits per heavy atom. The van der Waals surface area contributed by atoms with Gasteiger partial charge < -0.3 is 5.32 Å². The Labute approximate surface area is 109 Å². The second-order valence-electron chi connectivity index (χ2n) is 3.58. The Morgan fingerprint density at radius 1 is 1.39 bits per heavy atom. The summed E-state index contributed by atoms with van der Waals surface area (Å²) in [5.74, 6) is 0. The first kappa shape index (κ1) is 14.9. The number of hydrogen-bond donors (Lipinski definition) is 1. The van der Waals surface area contributed by atoms with Crippen LogP contribution in [-0.2, 0) is 6.54 Å². The van der Waals surface area contributed by atoms with Crippen molar-refractivity contribution in [3.8, 4) is 0 Å². The summed E-state index contributed by atoms with van der Waals surface area (Å²) in [6, 6.07) is 4.43. The molecule has 1 N–H and O–H groups in total. The lowest BCUT2D eigenvalue weighted by atomic mass is 10.2. The van der Waals surface area contributed by atoms with E-state index in [0.29, 0.717) is 10.0 Å². The lowest BCUT2D eigenvalue weighted by molar-refractivity contribution is -0.385. The zero-order chi connectivity index (χ0) is 13.8. The van der Waals surface area contributed by atoms with E-state index in [9.17, 15) is 23.3 Å². The molecular formula is C10H10BrF3N2O2. The van der Waals surface area contributed by atoms with Gasteiger partial charge in [0.05, 0.1) is 15.8 Å². The van der Waals surface area contributed by atoms with E-state index in [-0.39, 0.29) is 18.8 Å². The Bertz CT molecular complexity index is 438. The van der Waals surface area contributed by atoms with Crippen molar-refractivity contribution in [2.24, 2.45) is 0 Å². The minimum Gasteiger partial charge on any atom is -0.312 e. The van der Waals surface area contributed by atoms with E-state index in [1.165, 1.54) is 12.1 Å². The van der Waals surface area contributed by atoms with Gasteiger partial charge in [-0.05, 0) is 27.6 Å². The van der Waals surface area contributed by atoms with Crippen LogP contribution in [0.3, 0.4) is 0 Å². The third-order valence-corrected chi connectivity index (χ3v) is 2.79. The smallest absolute Gasteiger partial charge is 0.312 e. The number of nitro benzene ring substituents is 1. The molecule has 0 aromatic heterocycles. The van der Waals surface area contributed by atoms with Crippen molar-refractivity contribution >= 4 is 21.6 Å². The second kappa shape index (κ2) is 6.14. The molecule has 0 fully saturated rings. The van der Waals surface area contributed by atoms with Crippen molar-refractivity contribution in [3.63, 3.8) is 0 Å². The number of halogens is 4. The molecule has 4 nitrogen and oxygen atoms in total. The van der Waals surface area contributed by atoms with Crippen LogP contribution in [0.1, 0.15) is 12.0 Å². The van der Waals surface area contributed by atoms with Crippen LogP contribution in [0.5, 0.6) is 0 Å². The summed E-state index contributed by atoms with van der Waals surface area (Å²) in [5.41, 5.74) is 0.456. The van der Waals surface area contributed by atoms with E-state index in [1.54, 1.807) is 6.07 Å². The van der Waals surface area contributed by atoms with Gasteiger partial charge in [-0.1, -0.05) is 6.07 Å². The largest absolute Gasteiger partial charge is 0.390 e. The Hall–Kier alpha value is -1.15. The van der Waals surface area contributed by atoms with Crippen LogP contribution in [0, 0.1) is 10.1 Å². The number of hydrogen-bond acceptors (Lipinski definition) is 3. The van der Waals surface area contributed by atoms with E-state index >= 15 is 0 Å². The molecule has 1 aromatic carbocycles. The van der Waals surface area contributed by atoms with Crippen LogP contribution in [0.4, 0.5) is 18.9 Å². The first-order valence-corrected chi connectivity index (χ1v) is 5.79. The SMILES string of the molecule is O=[N+]([O-])c1cc(CNCCC(F)(F)F)ccc1Br. The van der Waals surface area contributed by atoms with Crippen LogP contribution in [0.15, 0.2) is 22.7 Å². The van der Waals surface area contributed by atoms with Gasteiger partial charge in [-0.2, -0.15) is 13.2 Å². The molecule has 0 saturated heterocycles. The third kappa shape index (κ3) is 5.01. The molecule has 0 spiro atoms.